The zero-order valence-electron chi connectivity index (χ0n) is 10.3. The standard InChI is InChI=1S/C13H11BF2N2O2/c15-12-9(6-7-11(13(12)16)14(19)20)8-17-18-10-4-2-1-3-5-10/h1-8,18-20H. The number of hydrazone groups is 1. The van der Waals surface area contributed by atoms with Gasteiger partial charge in [0, 0.05) is 11.0 Å². The van der Waals surface area contributed by atoms with E-state index in [1.165, 1.54) is 6.07 Å². The lowest BCUT2D eigenvalue weighted by atomic mass is 9.79. The van der Waals surface area contributed by atoms with Gasteiger partial charge in [-0.3, -0.25) is 5.43 Å². The fraction of sp³-hybridized carbons (Fsp3) is 0. The van der Waals surface area contributed by atoms with Gasteiger partial charge in [0.15, 0.2) is 11.6 Å². The highest BCUT2D eigenvalue weighted by molar-refractivity contribution is 6.58. The predicted octanol–water partition coefficient (Wildman–Crippen LogP) is 1.09. The van der Waals surface area contributed by atoms with Crippen LogP contribution in [0.3, 0.4) is 0 Å². The van der Waals surface area contributed by atoms with Gasteiger partial charge >= 0.3 is 7.12 Å². The molecule has 0 aliphatic heterocycles. The molecule has 3 N–H and O–H groups in total. The average molecular weight is 276 g/mol. The lowest BCUT2D eigenvalue weighted by Crippen LogP contribution is -2.33. The van der Waals surface area contributed by atoms with Gasteiger partial charge in [-0.25, -0.2) is 8.78 Å². The average Bonchev–Trinajstić information content (AvgIpc) is 2.44. The molecule has 0 saturated heterocycles. The molecule has 0 bridgehead atoms. The number of nitrogens with one attached hydrogen (secondary N) is 1. The number of anilines is 1. The van der Waals surface area contributed by atoms with Gasteiger partial charge in [-0.05, 0) is 12.1 Å². The summed E-state index contributed by atoms with van der Waals surface area (Å²) in [6.45, 7) is 0. The second-order valence-electron chi connectivity index (χ2n) is 3.98. The molecule has 2 aromatic rings. The van der Waals surface area contributed by atoms with Crippen molar-refractivity contribution in [1.29, 1.82) is 0 Å². The summed E-state index contributed by atoms with van der Waals surface area (Å²) in [6.07, 6.45) is 1.11. The molecule has 2 rings (SSSR count). The minimum absolute atomic E-state index is 0.102. The van der Waals surface area contributed by atoms with Crippen molar-refractivity contribution < 1.29 is 18.8 Å². The SMILES string of the molecule is OB(O)c1ccc(C=NNc2ccccc2)c(F)c1F. The zero-order valence-corrected chi connectivity index (χ0v) is 10.3. The van der Waals surface area contributed by atoms with E-state index in [1.807, 2.05) is 6.07 Å². The first kappa shape index (κ1) is 14.2. The van der Waals surface area contributed by atoms with Crippen LogP contribution in [0.25, 0.3) is 0 Å². The first-order valence-electron chi connectivity index (χ1n) is 5.77. The fourth-order valence-electron chi connectivity index (χ4n) is 1.57. The van der Waals surface area contributed by atoms with Crippen LogP contribution in [0, 0.1) is 11.6 Å². The summed E-state index contributed by atoms with van der Waals surface area (Å²) in [5, 5.41) is 21.5. The minimum atomic E-state index is -2.06. The molecule has 4 nitrogen and oxygen atoms in total. The maximum absolute atomic E-state index is 13.6. The number of para-hydroxylation sites is 1. The summed E-state index contributed by atoms with van der Waals surface area (Å²) in [5.41, 5.74) is 2.74. The molecule has 0 aliphatic rings. The third-order valence-electron chi connectivity index (χ3n) is 2.59. The number of hydrogen-bond donors (Lipinski definition) is 3. The molecule has 0 fully saturated rings. The van der Waals surface area contributed by atoms with Gasteiger partial charge in [0.25, 0.3) is 0 Å². The lowest BCUT2D eigenvalue weighted by molar-refractivity contribution is 0.420. The number of rotatable bonds is 4. The van der Waals surface area contributed by atoms with Crippen LogP contribution >= 0.6 is 0 Å². The van der Waals surface area contributed by atoms with Crippen molar-refractivity contribution >= 4 is 24.5 Å². The molecular weight excluding hydrogens is 265 g/mol. The van der Waals surface area contributed by atoms with E-state index in [4.69, 9.17) is 10.0 Å². The molecule has 2 aromatic carbocycles. The van der Waals surface area contributed by atoms with E-state index in [2.05, 4.69) is 10.5 Å². The number of benzene rings is 2. The molecule has 0 unspecified atom stereocenters. The Morgan fingerprint density at radius 2 is 1.70 bits per heavy atom. The Morgan fingerprint density at radius 1 is 1.00 bits per heavy atom. The predicted molar refractivity (Wildman–Crippen MR) is 73.8 cm³/mol. The zero-order chi connectivity index (χ0) is 14.5. The third kappa shape index (κ3) is 3.20. The second-order valence-corrected chi connectivity index (χ2v) is 3.98. The molecule has 102 valence electrons. The van der Waals surface area contributed by atoms with Crippen LogP contribution < -0.4 is 10.9 Å². The first-order chi connectivity index (χ1) is 9.59. The van der Waals surface area contributed by atoms with Crippen LogP contribution in [0.4, 0.5) is 14.5 Å². The van der Waals surface area contributed by atoms with Crippen molar-refractivity contribution in [3.8, 4) is 0 Å². The monoisotopic (exact) mass is 276 g/mol. The molecule has 0 aliphatic carbocycles. The molecule has 0 aromatic heterocycles. The Kier molecular flexibility index (Phi) is 4.44. The lowest BCUT2D eigenvalue weighted by Gasteiger charge is -2.05. The molecule has 0 heterocycles. The van der Waals surface area contributed by atoms with Crippen molar-refractivity contribution in [2.45, 2.75) is 0 Å². The van der Waals surface area contributed by atoms with Crippen LogP contribution in [0.1, 0.15) is 5.56 Å². The van der Waals surface area contributed by atoms with Gasteiger partial charge in [0.1, 0.15) is 0 Å². The Labute approximate surface area is 114 Å². The summed E-state index contributed by atoms with van der Waals surface area (Å²) in [6, 6.07) is 11.3. The topological polar surface area (TPSA) is 64.8 Å². The highest BCUT2D eigenvalue weighted by Crippen LogP contribution is 2.09. The van der Waals surface area contributed by atoms with Gasteiger partial charge < -0.3 is 10.0 Å². The summed E-state index contributed by atoms with van der Waals surface area (Å²) in [4.78, 5) is 0. The second kappa shape index (κ2) is 6.27. The van der Waals surface area contributed by atoms with E-state index in [-0.39, 0.29) is 5.56 Å². The van der Waals surface area contributed by atoms with Crippen molar-refractivity contribution in [3.63, 3.8) is 0 Å². The van der Waals surface area contributed by atoms with Crippen molar-refractivity contribution in [1.82, 2.24) is 0 Å². The number of nitrogens with zero attached hydrogens (tertiary/aromatic N) is 1. The van der Waals surface area contributed by atoms with Crippen molar-refractivity contribution in [2.24, 2.45) is 5.10 Å². The first-order valence-corrected chi connectivity index (χ1v) is 5.77. The van der Waals surface area contributed by atoms with E-state index in [9.17, 15) is 8.78 Å². The Balaban J connectivity index is 2.16. The largest absolute Gasteiger partial charge is 0.491 e. The quantitative estimate of drug-likeness (QED) is 0.445. The highest BCUT2D eigenvalue weighted by Gasteiger charge is 2.20. The molecule has 0 spiro atoms. The smallest absolute Gasteiger partial charge is 0.423 e. The van der Waals surface area contributed by atoms with Crippen LogP contribution in [0.2, 0.25) is 0 Å². The van der Waals surface area contributed by atoms with Gasteiger partial charge in [-0.15, -0.1) is 0 Å². The van der Waals surface area contributed by atoms with E-state index in [0.717, 1.165) is 12.3 Å². The van der Waals surface area contributed by atoms with Gasteiger partial charge in [-0.1, -0.05) is 30.3 Å². The summed E-state index contributed by atoms with van der Waals surface area (Å²) in [7, 11) is -2.06. The Bertz CT molecular complexity index is 621. The van der Waals surface area contributed by atoms with Gasteiger partial charge in [-0.2, -0.15) is 5.10 Å². The van der Waals surface area contributed by atoms with Gasteiger partial charge in [0.05, 0.1) is 11.9 Å². The van der Waals surface area contributed by atoms with E-state index >= 15 is 0 Å². The highest BCUT2D eigenvalue weighted by atomic mass is 19.2. The maximum atomic E-state index is 13.6. The molecule has 0 atom stereocenters. The number of halogens is 2. The molecular formula is C13H11BF2N2O2. The molecule has 0 saturated carbocycles. The summed E-state index contributed by atoms with van der Waals surface area (Å²) < 4.78 is 27.1. The normalized spacial score (nSPS) is 10.8. The van der Waals surface area contributed by atoms with E-state index in [1.54, 1.807) is 24.3 Å². The summed E-state index contributed by atoms with van der Waals surface area (Å²) in [5.74, 6) is -2.49. The van der Waals surface area contributed by atoms with Crippen LogP contribution in [-0.2, 0) is 0 Å². The molecule has 7 heteroatoms. The van der Waals surface area contributed by atoms with Crippen molar-refractivity contribution in [2.75, 3.05) is 5.43 Å². The number of hydrogen-bond acceptors (Lipinski definition) is 4. The molecule has 0 radical (unpaired) electrons. The maximum Gasteiger partial charge on any atom is 0.491 e. The van der Waals surface area contributed by atoms with Crippen LogP contribution in [0.15, 0.2) is 47.6 Å². The van der Waals surface area contributed by atoms with E-state index < -0.39 is 24.2 Å². The molecule has 0 amide bonds. The fourth-order valence-corrected chi connectivity index (χ4v) is 1.57. The third-order valence-corrected chi connectivity index (χ3v) is 2.59. The summed E-state index contributed by atoms with van der Waals surface area (Å²) >= 11 is 0. The van der Waals surface area contributed by atoms with Crippen molar-refractivity contribution in [3.05, 3.63) is 59.7 Å². The molecule has 20 heavy (non-hydrogen) atoms. The minimum Gasteiger partial charge on any atom is -0.423 e. The Hall–Kier alpha value is -2.25. The van der Waals surface area contributed by atoms with Crippen LogP contribution in [0.5, 0.6) is 0 Å². The van der Waals surface area contributed by atoms with E-state index in [0.29, 0.717) is 5.69 Å². The van der Waals surface area contributed by atoms with Crippen LogP contribution in [-0.4, -0.2) is 23.4 Å². The van der Waals surface area contributed by atoms with Gasteiger partial charge in [0.2, 0.25) is 0 Å². The Morgan fingerprint density at radius 3 is 2.35 bits per heavy atom.